The van der Waals surface area contributed by atoms with Crippen molar-refractivity contribution in [2.75, 3.05) is 5.75 Å². The Morgan fingerprint density at radius 3 is 2.47 bits per heavy atom. The van der Waals surface area contributed by atoms with E-state index in [1.54, 1.807) is 19.9 Å². The van der Waals surface area contributed by atoms with E-state index in [2.05, 4.69) is 0 Å². The maximum absolute atomic E-state index is 13.1. The van der Waals surface area contributed by atoms with Crippen molar-refractivity contribution in [3.05, 3.63) is 35.6 Å². The predicted octanol–water partition coefficient (Wildman–Crippen LogP) is 2.04. The summed E-state index contributed by atoms with van der Waals surface area (Å²) in [6.07, 6.45) is 0.424. The quantitative estimate of drug-likeness (QED) is 0.880. The molecule has 2 N–H and O–H groups in total. The van der Waals surface area contributed by atoms with Crippen LogP contribution >= 0.6 is 0 Å². The molecule has 1 rings (SSSR count). The van der Waals surface area contributed by atoms with Gasteiger partial charge in [0.05, 0.1) is 5.25 Å². The largest absolute Gasteiger partial charge is 0.323 e. The molecule has 17 heavy (non-hydrogen) atoms. The van der Waals surface area contributed by atoms with E-state index in [4.69, 9.17) is 5.73 Å². The van der Waals surface area contributed by atoms with Crippen molar-refractivity contribution >= 4 is 9.84 Å². The van der Waals surface area contributed by atoms with Gasteiger partial charge in [-0.3, -0.25) is 0 Å². The normalized spacial score (nSPS) is 15.5. The Bertz CT molecular complexity index is 473. The molecule has 0 aliphatic rings. The zero-order valence-corrected chi connectivity index (χ0v) is 10.9. The van der Waals surface area contributed by atoms with Gasteiger partial charge in [-0.1, -0.05) is 26.0 Å². The lowest BCUT2D eigenvalue weighted by Crippen LogP contribution is -2.34. The first-order valence-corrected chi connectivity index (χ1v) is 7.36. The molecular formula is C12H18FNO2S. The van der Waals surface area contributed by atoms with Crippen LogP contribution in [0.5, 0.6) is 0 Å². The lowest BCUT2D eigenvalue weighted by molar-refractivity contribution is 0.546. The summed E-state index contributed by atoms with van der Waals surface area (Å²) >= 11 is 0. The molecule has 0 amide bonds. The van der Waals surface area contributed by atoms with Crippen LogP contribution in [0.25, 0.3) is 0 Å². The maximum Gasteiger partial charge on any atom is 0.154 e. The van der Waals surface area contributed by atoms with Crippen molar-refractivity contribution in [3.8, 4) is 0 Å². The number of benzene rings is 1. The lowest BCUT2D eigenvalue weighted by atomic mass is 10.0. The number of hydrogen-bond acceptors (Lipinski definition) is 3. The molecule has 0 saturated heterocycles. The van der Waals surface area contributed by atoms with Crippen molar-refractivity contribution < 1.29 is 12.8 Å². The summed E-state index contributed by atoms with van der Waals surface area (Å²) in [7, 11) is -3.22. The van der Waals surface area contributed by atoms with Crippen molar-refractivity contribution in [2.45, 2.75) is 31.6 Å². The second-order valence-electron chi connectivity index (χ2n) is 3.98. The third-order valence-corrected chi connectivity index (χ3v) is 5.25. The predicted molar refractivity (Wildman–Crippen MR) is 66.9 cm³/mol. The summed E-state index contributed by atoms with van der Waals surface area (Å²) in [5, 5.41) is -0.658. The molecule has 0 bridgehead atoms. The fourth-order valence-corrected chi connectivity index (χ4v) is 3.41. The molecule has 3 nitrogen and oxygen atoms in total. The van der Waals surface area contributed by atoms with Gasteiger partial charge in [-0.2, -0.15) is 0 Å². The maximum atomic E-state index is 13.1. The van der Waals surface area contributed by atoms with Crippen molar-refractivity contribution in [1.29, 1.82) is 0 Å². The van der Waals surface area contributed by atoms with Crippen LogP contribution in [0, 0.1) is 5.82 Å². The van der Waals surface area contributed by atoms with E-state index in [-0.39, 0.29) is 5.75 Å². The van der Waals surface area contributed by atoms with E-state index in [1.165, 1.54) is 18.2 Å². The molecule has 1 aromatic carbocycles. The summed E-state index contributed by atoms with van der Waals surface area (Å²) in [5.74, 6) is -0.351. The van der Waals surface area contributed by atoms with Crippen molar-refractivity contribution in [1.82, 2.24) is 0 Å². The van der Waals surface area contributed by atoms with Crippen LogP contribution in [0.2, 0.25) is 0 Å². The molecule has 2 atom stereocenters. The Kier molecular flexibility index (Phi) is 4.65. The molecule has 0 fully saturated rings. The van der Waals surface area contributed by atoms with E-state index in [9.17, 15) is 12.8 Å². The average molecular weight is 259 g/mol. The first-order chi connectivity index (χ1) is 7.92. The zero-order valence-electron chi connectivity index (χ0n) is 10.1. The Balaban J connectivity index is 3.06. The third-order valence-electron chi connectivity index (χ3n) is 2.90. The SMILES string of the molecule is CC[C@@H]([C@@H](N)c1cccc(F)c1)S(=O)(=O)CC. The molecule has 0 saturated carbocycles. The Hall–Kier alpha value is -0.940. The highest BCUT2D eigenvalue weighted by Gasteiger charge is 2.29. The van der Waals surface area contributed by atoms with Gasteiger partial charge in [-0.05, 0) is 24.1 Å². The molecule has 0 unspecified atom stereocenters. The fourth-order valence-electron chi connectivity index (χ4n) is 1.87. The number of halogens is 1. The molecule has 0 radical (unpaired) electrons. The molecule has 1 aromatic rings. The second-order valence-corrected chi connectivity index (χ2v) is 6.49. The minimum atomic E-state index is -3.22. The molecule has 0 aliphatic heterocycles. The van der Waals surface area contributed by atoms with Gasteiger partial charge < -0.3 is 5.73 Å². The number of nitrogens with two attached hydrogens (primary N) is 1. The van der Waals surface area contributed by atoms with Crippen LogP contribution < -0.4 is 5.73 Å². The molecule has 5 heteroatoms. The highest BCUT2D eigenvalue weighted by atomic mass is 32.2. The number of rotatable bonds is 5. The Morgan fingerprint density at radius 1 is 1.35 bits per heavy atom. The minimum Gasteiger partial charge on any atom is -0.323 e. The molecule has 0 aliphatic carbocycles. The number of hydrogen-bond donors (Lipinski definition) is 1. The van der Waals surface area contributed by atoms with Crippen LogP contribution in [-0.2, 0) is 9.84 Å². The zero-order chi connectivity index (χ0) is 13.1. The first kappa shape index (κ1) is 14.1. The topological polar surface area (TPSA) is 60.2 Å². The highest BCUT2D eigenvalue weighted by Crippen LogP contribution is 2.23. The summed E-state index contributed by atoms with van der Waals surface area (Å²) in [5.41, 5.74) is 6.46. The molecule has 0 aromatic heterocycles. The standard InChI is InChI=1S/C12H18FNO2S/c1-3-11(17(15,16)4-2)12(14)9-6-5-7-10(13)8-9/h5-8,11-12H,3-4,14H2,1-2H3/t11-,12-/m0/s1. The van der Waals surface area contributed by atoms with Gasteiger partial charge >= 0.3 is 0 Å². The Labute approximate surface area is 102 Å². The van der Waals surface area contributed by atoms with E-state index < -0.39 is 26.9 Å². The van der Waals surface area contributed by atoms with Crippen LogP contribution in [0.1, 0.15) is 31.9 Å². The molecule has 0 heterocycles. The summed E-state index contributed by atoms with van der Waals surface area (Å²) in [6, 6.07) is 5.11. The Morgan fingerprint density at radius 2 is 2.00 bits per heavy atom. The highest BCUT2D eigenvalue weighted by molar-refractivity contribution is 7.92. The van der Waals surface area contributed by atoms with Gasteiger partial charge in [0.15, 0.2) is 9.84 Å². The smallest absolute Gasteiger partial charge is 0.154 e. The van der Waals surface area contributed by atoms with Gasteiger partial charge in [-0.15, -0.1) is 0 Å². The van der Waals surface area contributed by atoms with Gasteiger partial charge in [-0.25, -0.2) is 12.8 Å². The van der Waals surface area contributed by atoms with Crippen LogP contribution in [0.15, 0.2) is 24.3 Å². The minimum absolute atomic E-state index is 0.0501. The van der Waals surface area contributed by atoms with Crippen molar-refractivity contribution in [3.63, 3.8) is 0 Å². The molecule has 96 valence electrons. The summed E-state index contributed by atoms with van der Waals surface area (Å²) < 4.78 is 36.8. The van der Waals surface area contributed by atoms with E-state index in [1.807, 2.05) is 0 Å². The first-order valence-electron chi connectivity index (χ1n) is 5.65. The van der Waals surface area contributed by atoms with Crippen LogP contribution in [0.4, 0.5) is 4.39 Å². The van der Waals surface area contributed by atoms with Crippen molar-refractivity contribution in [2.24, 2.45) is 5.73 Å². The summed E-state index contributed by atoms with van der Waals surface area (Å²) in [6.45, 7) is 3.37. The second kappa shape index (κ2) is 5.60. The van der Waals surface area contributed by atoms with Crippen LogP contribution in [0.3, 0.4) is 0 Å². The lowest BCUT2D eigenvalue weighted by Gasteiger charge is -2.22. The molecule has 0 spiro atoms. The van der Waals surface area contributed by atoms with Gasteiger partial charge in [0, 0.05) is 11.8 Å². The van der Waals surface area contributed by atoms with Gasteiger partial charge in [0.2, 0.25) is 0 Å². The fraction of sp³-hybridized carbons (Fsp3) is 0.500. The molecular weight excluding hydrogens is 241 g/mol. The third kappa shape index (κ3) is 3.26. The number of sulfone groups is 1. The monoisotopic (exact) mass is 259 g/mol. The van der Waals surface area contributed by atoms with E-state index in [0.29, 0.717) is 12.0 Å². The van der Waals surface area contributed by atoms with E-state index in [0.717, 1.165) is 0 Å². The van der Waals surface area contributed by atoms with Gasteiger partial charge in [0.1, 0.15) is 5.82 Å². The average Bonchev–Trinajstić information content (AvgIpc) is 2.29. The summed E-state index contributed by atoms with van der Waals surface area (Å²) in [4.78, 5) is 0. The van der Waals surface area contributed by atoms with Gasteiger partial charge in [0.25, 0.3) is 0 Å². The van der Waals surface area contributed by atoms with E-state index >= 15 is 0 Å². The van der Waals surface area contributed by atoms with Crippen LogP contribution in [-0.4, -0.2) is 19.4 Å².